The minimum Gasteiger partial charge on any atom is -0.508 e. The number of amides is 2. The lowest BCUT2D eigenvalue weighted by Crippen LogP contribution is -2.45. The molecule has 0 bridgehead atoms. The van der Waals surface area contributed by atoms with Crippen molar-refractivity contribution in [1.82, 2.24) is 25.0 Å². The number of piperidine rings is 1. The Morgan fingerprint density at radius 2 is 1.80 bits per heavy atom. The molecular weight excluding hydrogens is 717 g/mol. The summed E-state index contributed by atoms with van der Waals surface area (Å²) in [5.41, 5.74) is 3.71. The first-order chi connectivity index (χ1) is 27.1. The second-order valence-corrected chi connectivity index (χ2v) is 14.2. The number of nitrogens with one attached hydrogen (secondary N) is 1. The number of ether oxygens (including phenoxy) is 3. The third-order valence-electron chi connectivity index (χ3n) is 10.5. The van der Waals surface area contributed by atoms with E-state index in [-0.39, 0.29) is 54.0 Å². The van der Waals surface area contributed by atoms with Crippen LogP contribution >= 0.6 is 0 Å². The zero-order chi connectivity index (χ0) is 39.2. The van der Waals surface area contributed by atoms with Crippen LogP contribution in [0.1, 0.15) is 61.3 Å². The van der Waals surface area contributed by atoms with Crippen molar-refractivity contribution in [3.8, 4) is 28.9 Å². The van der Waals surface area contributed by atoms with E-state index in [2.05, 4.69) is 39.0 Å². The SMILES string of the molecule is C=C(/C=C\C(F)=C/C)[C@H]1CCc2cc(O)ccc2[C@H]1c1ccc(OCCN2CC[C@H](Oc3ccc(Oc4cnn(C5CCC(=O)NC5=O)c(=O)c4)cn3)C2)cc1. The number of aryl methyl sites for hydroxylation is 1. The highest BCUT2D eigenvalue weighted by molar-refractivity contribution is 5.99. The van der Waals surface area contributed by atoms with Crippen molar-refractivity contribution in [3.05, 3.63) is 136 Å². The Balaban J connectivity index is 0.886. The van der Waals surface area contributed by atoms with Gasteiger partial charge in [0, 0.05) is 44.1 Å². The molecule has 3 aliphatic rings. The van der Waals surface area contributed by atoms with E-state index in [0.717, 1.165) is 71.6 Å². The number of likely N-dealkylation sites (tertiary alicyclic amines) is 1. The predicted octanol–water partition coefficient (Wildman–Crippen LogP) is 6.33. The molecule has 2 aliphatic heterocycles. The standard InChI is InChI=1S/C43H44FN5O7/c1-3-30(44)8-4-27(2)36-13-7-29-22-31(50)9-14-37(29)42(36)28-5-10-32(11-6-28)54-21-20-48-19-18-34(26-48)56-40-17-12-33(24-45-40)55-35-23-41(52)49(46-25-35)38-15-16-39(51)47-43(38)53/h3-6,8-12,14,17,22-25,34,36,38,42,50H,2,7,13,15-16,18-21,26H2,1H3,(H,47,51,53)/b8-4-,30-3+/t34-,36+,38?,42-/m0/s1. The van der Waals surface area contributed by atoms with Crippen molar-refractivity contribution >= 4 is 11.8 Å². The van der Waals surface area contributed by atoms with Gasteiger partial charge in [-0.15, -0.1) is 0 Å². The summed E-state index contributed by atoms with van der Waals surface area (Å²) < 4.78 is 33.0. The minimum atomic E-state index is -0.846. The lowest BCUT2D eigenvalue weighted by atomic mass is 9.69. The Morgan fingerprint density at radius 1 is 0.982 bits per heavy atom. The summed E-state index contributed by atoms with van der Waals surface area (Å²) >= 11 is 0. The molecule has 0 saturated carbocycles. The first kappa shape index (κ1) is 38.2. The summed E-state index contributed by atoms with van der Waals surface area (Å²) in [4.78, 5) is 42.9. The Bertz CT molecular complexity index is 2200. The van der Waals surface area contributed by atoms with Crippen LogP contribution in [0.5, 0.6) is 28.9 Å². The molecule has 1 aliphatic carbocycles. The average molecular weight is 762 g/mol. The van der Waals surface area contributed by atoms with Gasteiger partial charge in [0.25, 0.3) is 11.5 Å². The fraction of sp³-hybridized carbons (Fsp3) is 0.326. The number of nitrogens with zero attached hydrogens (tertiary/aromatic N) is 4. The number of hydrogen-bond acceptors (Lipinski definition) is 10. The number of imide groups is 1. The molecule has 13 heteroatoms. The first-order valence-electron chi connectivity index (χ1n) is 18.8. The molecule has 0 spiro atoms. The molecule has 290 valence electrons. The zero-order valence-electron chi connectivity index (χ0n) is 31.1. The van der Waals surface area contributed by atoms with E-state index in [9.17, 15) is 23.9 Å². The second-order valence-electron chi connectivity index (χ2n) is 14.2. The number of aromatic hydroxyl groups is 1. The quantitative estimate of drug-likeness (QED) is 0.117. The van der Waals surface area contributed by atoms with Crippen LogP contribution in [0.2, 0.25) is 0 Å². The number of phenols is 1. The van der Waals surface area contributed by atoms with Crippen LogP contribution in [0.25, 0.3) is 0 Å². The van der Waals surface area contributed by atoms with E-state index in [1.165, 1.54) is 30.6 Å². The van der Waals surface area contributed by atoms with Gasteiger partial charge < -0.3 is 19.3 Å². The molecule has 4 aromatic rings. The number of hydrogen-bond donors (Lipinski definition) is 2. The highest BCUT2D eigenvalue weighted by Crippen LogP contribution is 2.45. The molecule has 0 radical (unpaired) electrons. The molecule has 1 unspecified atom stereocenters. The van der Waals surface area contributed by atoms with Crippen LogP contribution < -0.4 is 25.1 Å². The van der Waals surface area contributed by atoms with E-state index in [4.69, 9.17) is 14.2 Å². The molecule has 4 heterocycles. The molecule has 4 atom stereocenters. The second kappa shape index (κ2) is 17.2. The van der Waals surface area contributed by atoms with Gasteiger partial charge in [0.2, 0.25) is 11.8 Å². The van der Waals surface area contributed by atoms with Crippen molar-refractivity contribution in [2.75, 3.05) is 26.2 Å². The van der Waals surface area contributed by atoms with Gasteiger partial charge >= 0.3 is 0 Å². The third-order valence-corrected chi connectivity index (χ3v) is 10.5. The summed E-state index contributed by atoms with van der Waals surface area (Å²) in [7, 11) is 0. The predicted molar refractivity (Wildman–Crippen MR) is 207 cm³/mol. The lowest BCUT2D eigenvalue weighted by Gasteiger charge is -2.35. The zero-order valence-corrected chi connectivity index (χ0v) is 31.1. The van der Waals surface area contributed by atoms with E-state index in [0.29, 0.717) is 18.2 Å². The Labute approximate surface area is 323 Å². The molecule has 2 N–H and O–H groups in total. The third kappa shape index (κ3) is 9.06. The number of halogens is 1. The van der Waals surface area contributed by atoms with E-state index in [1.54, 1.807) is 31.2 Å². The van der Waals surface area contributed by atoms with Gasteiger partial charge in [0.15, 0.2) is 5.75 Å². The van der Waals surface area contributed by atoms with Crippen LogP contribution in [0.15, 0.2) is 114 Å². The summed E-state index contributed by atoms with van der Waals surface area (Å²) in [5, 5.41) is 16.4. The van der Waals surface area contributed by atoms with Crippen LogP contribution in [0.4, 0.5) is 4.39 Å². The molecule has 2 amide bonds. The number of rotatable bonds is 13. The summed E-state index contributed by atoms with van der Waals surface area (Å²) in [6.45, 7) is 8.80. The van der Waals surface area contributed by atoms with Gasteiger partial charge in [0.05, 0.1) is 12.4 Å². The van der Waals surface area contributed by atoms with Crippen molar-refractivity contribution in [2.24, 2.45) is 5.92 Å². The van der Waals surface area contributed by atoms with E-state index >= 15 is 0 Å². The van der Waals surface area contributed by atoms with Crippen molar-refractivity contribution < 1.29 is 33.3 Å². The first-order valence-corrected chi connectivity index (χ1v) is 18.8. The van der Waals surface area contributed by atoms with Crippen LogP contribution in [0.3, 0.4) is 0 Å². The van der Waals surface area contributed by atoms with Crippen molar-refractivity contribution in [1.29, 1.82) is 0 Å². The van der Waals surface area contributed by atoms with Crippen molar-refractivity contribution in [3.63, 3.8) is 0 Å². The fourth-order valence-corrected chi connectivity index (χ4v) is 7.59. The Morgan fingerprint density at radius 3 is 2.55 bits per heavy atom. The largest absolute Gasteiger partial charge is 0.508 e. The van der Waals surface area contributed by atoms with Gasteiger partial charge in [-0.2, -0.15) is 5.10 Å². The summed E-state index contributed by atoms with van der Waals surface area (Å²) in [5.74, 6) is 0.920. The molecule has 7 rings (SSSR count). The average Bonchev–Trinajstić information content (AvgIpc) is 3.64. The molecule has 2 aromatic carbocycles. The maximum absolute atomic E-state index is 13.9. The number of fused-ring (bicyclic) bond motifs is 1. The normalized spacial score (nSPS) is 21.4. The summed E-state index contributed by atoms with van der Waals surface area (Å²) in [6, 6.07) is 17.5. The Hall–Kier alpha value is -6.08. The topological polar surface area (TPSA) is 145 Å². The number of pyridine rings is 1. The number of benzene rings is 2. The summed E-state index contributed by atoms with van der Waals surface area (Å²) in [6.07, 6.45) is 10.3. The lowest BCUT2D eigenvalue weighted by molar-refractivity contribution is -0.136. The van der Waals surface area contributed by atoms with Crippen molar-refractivity contribution in [2.45, 2.75) is 57.1 Å². The fourth-order valence-electron chi connectivity index (χ4n) is 7.59. The van der Waals surface area contributed by atoms with Crippen LogP contribution in [0, 0.1) is 5.92 Å². The smallest absolute Gasteiger partial charge is 0.271 e. The highest BCUT2D eigenvalue weighted by atomic mass is 19.1. The number of carbonyl (C=O) groups excluding carboxylic acids is 2. The van der Waals surface area contributed by atoms with Gasteiger partial charge in [0.1, 0.15) is 41.8 Å². The van der Waals surface area contributed by atoms with Crippen LogP contribution in [-0.2, 0) is 16.0 Å². The Kier molecular flexibility index (Phi) is 11.7. The molecule has 12 nitrogen and oxygen atoms in total. The molecule has 2 aromatic heterocycles. The number of phenolic OH excluding ortho intramolecular Hbond substituents is 1. The van der Waals surface area contributed by atoms with Crippen LogP contribution in [-0.4, -0.2) is 68.9 Å². The monoisotopic (exact) mass is 761 g/mol. The molecule has 2 fully saturated rings. The number of allylic oxidation sites excluding steroid dienone is 5. The van der Waals surface area contributed by atoms with Gasteiger partial charge in [-0.05, 0) is 91.6 Å². The molecule has 2 saturated heterocycles. The van der Waals surface area contributed by atoms with Gasteiger partial charge in [-0.3, -0.25) is 24.6 Å². The van der Waals surface area contributed by atoms with E-state index < -0.39 is 17.5 Å². The maximum atomic E-state index is 13.9. The van der Waals surface area contributed by atoms with Gasteiger partial charge in [-0.1, -0.05) is 42.5 Å². The number of aromatic nitrogens is 3. The minimum absolute atomic E-state index is 0.00776. The molecule has 56 heavy (non-hydrogen) atoms. The van der Waals surface area contributed by atoms with Gasteiger partial charge in [-0.25, -0.2) is 14.1 Å². The maximum Gasteiger partial charge on any atom is 0.271 e. The van der Waals surface area contributed by atoms with E-state index in [1.807, 2.05) is 24.3 Å². The number of carbonyl (C=O) groups is 2. The highest BCUT2D eigenvalue weighted by Gasteiger charge is 2.33. The molecular formula is C43H44FN5O7.